The van der Waals surface area contributed by atoms with Crippen LogP contribution in [0.1, 0.15) is 17.0 Å². The fourth-order valence-electron chi connectivity index (χ4n) is 2.93. The standard InChI is InChI=1S/C18H15N3O/c22-18-16(15-3-1-2-4-17(15)20-18)11-13-5-7-14(8-6-13)21-10-9-19-12-21/h1-10,12,16H,11H2,(H,20,22). The predicted octanol–water partition coefficient (Wildman–Crippen LogP) is 3.15. The Morgan fingerprint density at radius 1 is 1.09 bits per heavy atom. The molecule has 22 heavy (non-hydrogen) atoms. The first-order valence-corrected chi connectivity index (χ1v) is 7.28. The van der Waals surface area contributed by atoms with Crippen LogP contribution in [0.4, 0.5) is 5.69 Å². The summed E-state index contributed by atoms with van der Waals surface area (Å²) < 4.78 is 1.96. The topological polar surface area (TPSA) is 46.9 Å². The average molecular weight is 289 g/mol. The quantitative estimate of drug-likeness (QED) is 0.805. The molecule has 0 spiro atoms. The Bertz CT molecular complexity index is 807. The van der Waals surface area contributed by atoms with E-state index in [4.69, 9.17) is 0 Å². The Labute approximate surface area is 128 Å². The minimum Gasteiger partial charge on any atom is -0.325 e. The third kappa shape index (κ3) is 2.19. The smallest absolute Gasteiger partial charge is 0.232 e. The highest BCUT2D eigenvalue weighted by Gasteiger charge is 2.29. The first-order chi connectivity index (χ1) is 10.8. The van der Waals surface area contributed by atoms with Crippen molar-refractivity contribution in [3.8, 4) is 5.69 Å². The lowest BCUT2D eigenvalue weighted by Gasteiger charge is -2.10. The van der Waals surface area contributed by atoms with Crippen LogP contribution in [-0.4, -0.2) is 15.5 Å². The van der Waals surface area contributed by atoms with Crippen molar-refractivity contribution < 1.29 is 4.79 Å². The molecule has 108 valence electrons. The molecule has 1 aliphatic rings. The lowest BCUT2D eigenvalue weighted by Crippen LogP contribution is -2.14. The molecule has 2 aromatic carbocycles. The van der Waals surface area contributed by atoms with Crippen LogP contribution in [0.5, 0.6) is 0 Å². The van der Waals surface area contributed by atoms with Crippen LogP contribution in [0.25, 0.3) is 5.69 Å². The minimum absolute atomic E-state index is 0.0832. The van der Waals surface area contributed by atoms with E-state index in [-0.39, 0.29) is 11.8 Å². The molecule has 0 saturated carbocycles. The molecule has 1 amide bonds. The lowest BCUT2D eigenvalue weighted by atomic mass is 9.93. The number of benzene rings is 2. The van der Waals surface area contributed by atoms with E-state index in [2.05, 4.69) is 34.6 Å². The van der Waals surface area contributed by atoms with Gasteiger partial charge in [-0.1, -0.05) is 30.3 Å². The number of hydrogen-bond donors (Lipinski definition) is 1. The summed E-state index contributed by atoms with van der Waals surface area (Å²) in [5.74, 6) is -0.0184. The van der Waals surface area contributed by atoms with Gasteiger partial charge in [0.2, 0.25) is 5.91 Å². The molecular weight excluding hydrogens is 274 g/mol. The molecule has 0 fully saturated rings. The molecule has 1 atom stereocenters. The number of anilines is 1. The van der Waals surface area contributed by atoms with Crippen molar-refractivity contribution in [2.75, 3.05) is 5.32 Å². The number of para-hydroxylation sites is 1. The summed E-state index contributed by atoms with van der Waals surface area (Å²) in [5, 5.41) is 2.95. The summed E-state index contributed by atoms with van der Waals surface area (Å²) in [5.41, 5.74) is 4.25. The summed E-state index contributed by atoms with van der Waals surface area (Å²) in [6, 6.07) is 16.2. The average Bonchev–Trinajstić information content (AvgIpc) is 3.17. The molecule has 0 saturated heterocycles. The highest BCUT2D eigenvalue weighted by atomic mass is 16.2. The zero-order valence-electron chi connectivity index (χ0n) is 11.9. The molecule has 3 aromatic rings. The Morgan fingerprint density at radius 2 is 1.91 bits per heavy atom. The zero-order chi connectivity index (χ0) is 14.9. The first-order valence-electron chi connectivity index (χ1n) is 7.28. The van der Waals surface area contributed by atoms with Crippen LogP contribution < -0.4 is 5.32 Å². The van der Waals surface area contributed by atoms with Gasteiger partial charge in [0.1, 0.15) is 0 Å². The number of amides is 1. The van der Waals surface area contributed by atoms with Gasteiger partial charge in [0.15, 0.2) is 0 Å². The summed E-state index contributed by atoms with van der Waals surface area (Å²) >= 11 is 0. The number of carbonyl (C=O) groups is 1. The Kier molecular flexibility index (Phi) is 3.00. The third-order valence-electron chi connectivity index (χ3n) is 4.09. The second kappa shape index (κ2) is 5.15. The number of fused-ring (bicyclic) bond motifs is 1. The van der Waals surface area contributed by atoms with E-state index in [0.717, 1.165) is 22.5 Å². The molecule has 1 aromatic heterocycles. The van der Waals surface area contributed by atoms with E-state index in [0.29, 0.717) is 6.42 Å². The molecule has 0 radical (unpaired) electrons. The van der Waals surface area contributed by atoms with Crippen molar-refractivity contribution in [2.24, 2.45) is 0 Å². The molecule has 0 aliphatic carbocycles. The minimum atomic E-state index is -0.102. The summed E-state index contributed by atoms with van der Waals surface area (Å²) in [7, 11) is 0. The van der Waals surface area contributed by atoms with Crippen LogP contribution in [-0.2, 0) is 11.2 Å². The number of carbonyl (C=O) groups excluding carboxylic acids is 1. The largest absolute Gasteiger partial charge is 0.325 e. The molecule has 1 aliphatic heterocycles. The first kappa shape index (κ1) is 12.8. The van der Waals surface area contributed by atoms with Crippen LogP contribution in [0.15, 0.2) is 67.3 Å². The number of nitrogens with zero attached hydrogens (tertiary/aromatic N) is 2. The van der Waals surface area contributed by atoms with E-state index in [1.165, 1.54) is 0 Å². The molecular formula is C18H15N3O. The third-order valence-corrected chi connectivity index (χ3v) is 4.09. The van der Waals surface area contributed by atoms with Gasteiger partial charge < -0.3 is 9.88 Å². The van der Waals surface area contributed by atoms with Gasteiger partial charge in [0, 0.05) is 23.8 Å². The molecule has 1 N–H and O–H groups in total. The van der Waals surface area contributed by atoms with Crippen molar-refractivity contribution in [1.29, 1.82) is 0 Å². The van der Waals surface area contributed by atoms with E-state index in [1.807, 2.05) is 35.0 Å². The van der Waals surface area contributed by atoms with Crippen LogP contribution in [0.2, 0.25) is 0 Å². The Morgan fingerprint density at radius 3 is 2.68 bits per heavy atom. The normalized spacial score (nSPS) is 16.4. The molecule has 0 bridgehead atoms. The number of rotatable bonds is 3. The Balaban J connectivity index is 1.58. The van der Waals surface area contributed by atoms with E-state index < -0.39 is 0 Å². The maximum Gasteiger partial charge on any atom is 0.232 e. The van der Waals surface area contributed by atoms with Gasteiger partial charge in [0.05, 0.1) is 12.2 Å². The Hall–Kier alpha value is -2.88. The zero-order valence-corrected chi connectivity index (χ0v) is 11.9. The molecule has 1 unspecified atom stereocenters. The van der Waals surface area contributed by atoms with Gasteiger partial charge in [-0.25, -0.2) is 4.98 Å². The van der Waals surface area contributed by atoms with E-state index in [9.17, 15) is 4.79 Å². The number of imidazole rings is 1. The predicted molar refractivity (Wildman–Crippen MR) is 85.1 cm³/mol. The molecule has 4 nitrogen and oxygen atoms in total. The van der Waals surface area contributed by atoms with Crippen molar-refractivity contribution in [3.63, 3.8) is 0 Å². The summed E-state index contributed by atoms with van der Waals surface area (Å²) in [4.78, 5) is 16.2. The SMILES string of the molecule is O=C1Nc2ccccc2C1Cc1ccc(-n2ccnc2)cc1. The fraction of sp³-hybridized carbons (Fsp3) is 0.111. The maximum absolute atomic E-state index is 12.2. The van der Waals surface area contributed by atoms with E-state index in [1.54, 1.807) is 12.5 Å². The molecule has 4 heteroatoms. The van der Waals surface area contributed by atoms with Gasteiger partial charge in [-0.3, -0.25) is 4.79 Å². The monoisotopic (exact) mass is 289 g/mol. The van der Waals surface area contributed by atoms with Gasteiger partial charge in [-0.15, -0.1) is 0 Å². The lowest BCUT2D eigenvalue weighted by molar-refractivity contribution is -0.117. The van der Waals surface area contributed by atoms with Crippen LogP contribution in [0.3, 0.4) is 0 Å². The highest BCUT2D eigenvalue weighted by molar-refractivity contribution is 6.03. The molecule has 2 heterocycles. The summed E-state index contributed by atoms with van der Waals surface area (Å²) in [6.07, 6.45) is 6.16. The number of hydrogen-bond acceptors (Lipinski definition) is 2. The van der Waals surface area contributed by atoms with Crippen molar-refractivity contribution >= 4 is 11.6 Å². The van der Waals surface area contributed by atoms with E-state index >= 15 is 0 Å². The molecule has 4 rings (SSSR count). The van der Waals surface area contributed by atoms with Crippen LogP contribution >= 0.6 is 0 Å². The van der Waals surface area contributed by atoms with Crippen molar-refractivity contribution in [2.45, 2.75) is 12.3 Å². The van der Waals surface area contributed by atoms with Gasteiger partial charge in [-0.2, -0.15) is 0 Å². The van der Waals surface area contributed by atoms with Gasteiger partial charge in [-0.05, 0) is 35.7 Å². The van der Waals surface area contributed by atoms with Crippen molar-refractivity contribution in [1.82, 2.24) is 9.55 Å². The van der Waals surface area contributed by atoms with Gasteiger partial charge >= 0.3 is 0 Å². The van der Waals surface area contributed by atoms with Gasteiger partial charge in [0.25, 0.3) is 0 Å². The number of nitrogens with one attached hydrogen (secondary N) is 1. The fourth-order valence-corrected chi connectivity index (χ4v) is 2.93. The van der Waals surface area contributed by atoms with Crippen LogP contribution in [0, 0.1) is 0 Å². The summed E-state index contributed by atoms with van der Waals surface area (Å²) in [6.45, 7) is 0. The highest BCUT2D eigenvalue weighted by Crippen LogP contribution is 2.34. The second-order valence-electron chi connectivity index (χ2n) is 5.47. The second-order valence-corrected chi connectivity index (χ2v) is 5.47. The number of aromatic nitrogens is 2. The van der Waals surface area contributed by atoms with Crippen molar-refractivity contribution in [3.05, 3.63) is 78.4 Å². The maximum atomic E-state index is 12.2.